The highest BCUT2D eigenvalue weighted by molar-refractivity contribution is 6.05. The van der Waals surface area contributed by atoms with E-state index in [2.05, 4.69) is 0 Å². The lowest BCUT2D eigenvalue weighted by molar-refractivity contribution is -0.157. The average molecular weight is 290 g/mol. The summed E-state index contributed by atoms with van der Waals surface area (Å²) in [6.07, 6.45) is 0.919. The van der Waals surface area contributed by atoms with Crippen LogP contribution in [0.25, 0.3) is 0 Å². The Hall–Kier alpha value is -2.37. The number of amides is 2. The van der Waals surface area contributed by atoms with Gasteiger partial charge in [-0.1, -0.05) is 19.1 Å². The standard InChI is InChI=1S/C15H18N2O4/c1-3-11-4-6-12(7-5-11)16-8-13(18)17(14(19)9-16)10(2)15(20)21/h4-7,10H,3,8-9H2,1-2H3,(H,20,21). The molecule has 2 rings (SSSR count). The summed E-state index contributed by atoms with van der Waals surface area (Å²) in [7, 11) is 0. The minimum absolute atomic E-state index is 0.00876. The minimum atomic E-state index is -1.18. The van der Waals surface area contributed by atoms with Crippen molar-refractivity contribution in [3.05, 3.63) is 29.8 Å². The molecular formula is C15H18N2O4. The Labute approximate surface area is 123 Å². The fraction of sp³-hybridized carbons (Fsp3) is 0.400. The number of carboxylic acids is 1. The summed E-state index contributed by atoms with van der Waals surface area (Å²) in [6.45, 7) is 3.40. The van der Waals surface area contributed by atoms with Gasteiger partial charge in [0, 0.05) is 5.69 Å². The van der Waals surface area contributed by atoms with Gasteiger partial charge in [-0.2, -0.15) is 0 Å². The molecule has 1 aliphatic rings. The Kier molecular flexibility index (Phi) is 4.26. The van der Waals surface area contributed by atoms with E-state index in [4.69, 9.17) is 5.11 Å². The molecule has 0 aromatic heterocycles. The van der Waals surface area contributed by atoms with E-state index in [-0.39, 0.29) is 13.1 Å². The zero-order valence-corrected chi connectivity index (χ0v) is 12.1. The number of piperazine rings is 1. The molecule has 1 aromatic carbocycles. The molecule has 1 atom stereocenters. The third kappa shape index (κ3) is 3.04. The maximum Gasteiger partial charge on any atom is 0.326 e. The number of rotatable bonds is 4. The first kappa shape index (κ1) is 15.0. The van der Waals surface area contributed by atoms with Gasteiger partial charge in [0.05, 0.1) is 13.1 Å². The van der Waals surface area contributed by atoms with Crippen LogP contribution in [0.15, 0.2) is 24.3 Å². The molecule has 1 fully saturated rings. The molecule has 1 unspecified atom stereocenters. The van der Waals surface area contributed by atoms with Gasteiger partial charge in [0.2, 0.25) is 11.8 Å². The third-order valence-corrected chi connectivity index (χ3v) is 3.64. The van der Waals surface area contributed by atoms with Crippen molar-refractivity contribution in [1.82, 2.24) is 4.90 Å². The van der Waals surface area contributed by atoms with Crippen LogP contribution >= 0.6 is 0 Å². The van der Waals surface area contributed by atoms with Gasteiger partial charge in [0.15, 0.2) is 0 Å². The summed E-state index contributed by atoms with van der Waals surface area (Å²) in [5.41, 5.74) is 1.96. The highest BCUT2D eigenvalue weighted by Crippen LogP contribution is 2.19. The van der Waals surface area contributed by atoms with Gasteiger partial charge in [-0.25, -0.2) is 4.79 Å². The first-order chi connectivity index (χ1) is 9.93. The first-order valence-corrected chi connectivity index (χ1v) is 6.85. The van der Waals surface area contributed by atoms with E-state index in [1.165, 1.54) is 12.5 Å². The predicted octanol–water partition coefficient (Wildman–Crippen LogP) is 0.897. The van der Waals surface area contributed by atoms with Crippen LogP contribution < -0.4 is 4.90 Å². The van der Waals surface area contributed by atoms with Crippen molar-refractivity contribution in [2.24, 2.45) is 0 Å². The molecule has 1 N–H and O–H groups in total. The number of aliphatic carboxylic acids is 1. The second-order valence-electron chi connectivity index (χ2n) is 5.05. The Morgan fingerprint density at radius 2 is 1.71 bits per heavy atom. The van der Waals surface area contributed by atoms with E-state index in [1.807, 2.05) is 31.2 Å². The third-order valence-electron chi connectivity index (χ3n) is 3.64. The van der Waals surface area contributed by atoms with Crippen LogP contribution in [0, 0.1) is 0 Å². The van der Waals surface area contributed by atoms with Crippen molar-refractivity contribution in [3.8, 4) is 0 Å². The number of carbonyl (C=O) groups is 3. The van der Waals surface area contributed by atoms with E-state index in [9.17, 15) is 14.4 Å². The molecule has 1 saturated heterocycles. The zero-order chi connectivity index (χ0) is 15.6. The fourth-order valence-electron chi connectivity index (χ4n) is 2.34. The molecule has 1 aliphatic heterocycles. The van der Waals surface area contributed by atoms with E-state index in [0.717, 1.165) is 17.0 Å². The van der Waals surface area contributed by atoms with Crippen LogP contribution in [0.2, 0.25) is 0 Å². The highest BCUT2D eigenvalue weighted by atomic mass is 16.4. The number of benzene rings is 1. The number of aryl methyl sites for hydroxylation is 1. The van der Waals surface area contributed by atoms with Crippen molar-refractivity contribution in [2.75, 3.05) is 18.0 Å². The summed E-state index contributed by atoms with van der Waals surface area (Å²) >= 11 is 0. The van der Waals surface area contributed by atoms with Gasteiger partial charge in [0.1, 0.15) is 6.04 Å². The quantitative estimate of drug-likeness (QED) is 0.834. The largest absolute Gasteiger partial charge is 0.480 e. The van der Waals surface area contributed by atoms with Crippen molar-refractivity contribution in [3.63, 3.8) is 0 Å². The maximum absolute atomic E-state index is 12.1. The normalized spacial score (nSPS) is 17.0. The fourth-order valence-corrected chi connectivity index (χ4v) is 2.34. The topological polar surface area (TPSA) is 77.9 Å². The number of nitrogens with zero attached hydrogens (tertiary/aromatic N) is 2. The number of hydrogen-bond donors (Lipinski definition) is 1. The highest BCUT2D eigenvalue weighted by Gasteiger charge is 2.37. The molecule has 112 valence electrons. The molecule has 1 heterocycles. The van der Waals surface area contributed by atoms with Crippen molar-refractivity contribution in [2.45, 2.75) is 26.3 Å². The van der Waals surface area contributed by atoms with Crippen molar-refractivity contribution in [1.29, 1.82) is 0 Å². The van der Waals surface area contributed by atoms with Gasteiger partial charge in [-0.15, -0.1) is 0 Å². The minimum Gasteiger partial charge on any atom is -0.480 e. The SMILES string of the molecule is CCc1ccc(N2CC(=O)N(C(C)C(=O)O)C(=O)C2)cc1. The number of hydrogen-bond acceptors (Lipinski definition) is 4. The zero-order valence-electron chi connectivity index (χ0n) is 12.1. The average Bonchev–Trinajstić information content (AvgIpc) is 2.46. The van der Waals surface area contributed by atoms with Crippen LogP contribution in [0.3, 0.4) is 0 Å². The second-order valence-corrected chi connectivity index (χ2v) is 5.05. The van der Waals surface area contributed by atoms with E-state index in [0.29, 0.717) is 0 Å². The van der Waals surface area contributed by atoms with Crippen LogP contribution in [0.1, 0.15) is 19.4 Å². The van der Waals surface area contributed by atoms with Gasteiger partial charge < -0.3 is 10.0 Å². The lowest BCUT2D eigenvalue weighted by atomic mass is 10.1. The molecule has 0 aliphatic carbocycles. The number of carboxylic acid groups (broad SMARTS) is 1. The van der Waals surface area contributed by atoms with Gasteiger partial charge in [-0.05, 0) is 31.0 Å². The van der Waals surface area contributed by atoms with Crippen LogP contribution in [0.4, 0.5) is 5.69 Å². The maximum atomic E-state index is 12.1. The Bertz CT molecular complexity index is 550. The van der Waals surface area contributed by atoms with E-state index in [1.54, 1.807) is 4.90 Å². The van der Waals surface area contributed by atoms with Gasteiger partial charge in [-0.3, -0.25) is 14.5 Å². The molecule has 0 radical (unpaired) electrons. The first-order valence-electron chi connectivity index (χ1n) is 6.85. The van der Waals surface area contributed by atoms with Crippen molar-refractivity contribution < 1.29 is 19.5 Å². The molecule has 0 bridgehead atoms. The number of anilines is 1. The summed E-state index contributed by atoms with van der Waals surface area (Å²) in [4.78, 5) is 37.6. The lowest BCUT2D eigenvalue weighted by Crippen LogP contribution is -2.58. The Balaban J connectivity index is 2.15. The monoisotopic (exact) mass is 290 g/mol. The van der Waals surface area contributed by atoms with Crippen molar-refractivity contribution >= 4 is 23.5 Å². The molecule has 2 amide bonds. The van der Waals surface area contributed by atoms with E-state index < -0.39 is 23.8 Å². The van der Waals surface area contributed by atoms with Crippen LogP contribution in [-0.4, -0.2) is 46.9 Å². The molecular weight excluding hydrogens is 272 g/mol. The molecule has 1 aromatic rings. The smallest absolute Gasteiger partial charge is 0.326 e. The second kappa shape index (κ2) is 5.95. The number of imide groups is 1. The van der Waals surface area contributed by atoms with Gasteiger partial charge in [0.25, 0.3) is 0 Å². The van der Waals surface area contributed by atoms with E-state index >= 15 is 0 Å². The molecule has 0 saturated carbocycles. The Morgan fingerprint density at radius 3 is 2.14 bits per heavy atom. The van der Waals surface area contributed by atoms with Crippen LogP contribution in [0.5, 0.6) is 0 Å². The molecule has 6 heteroatoms. The lowest BCUT2D eigenvalue weighted by Gasteiger charge is -2.35. The summed E-state index contributed by atoms with van der Waals surface area (Å²) in [6, 6.07) is 6.52. The van der Waals surface area contributed by atoms with Gasteiger partial charge >= 0.3 is 5.97 Å². The summed E-state index contributed by atoms with van der Waals surface area (Å²) < 4.78 is 0. The molecule has 6 nitrogen and oxygen atoms in total. The summed E-state index contributed by atoms with van der Waals surface area (Å²) in [5.74, 6) is -2.15. The van der Waals surface area contributed by atoms with Crippen LogP contribution in [-0.2, 0) is 20.8 Å². The predicted molar refractivity (Wildman–Crippen MR) is 77.0 cm³/mol. The summed E-state index contributed by atoms with van der Waals surface area (Å²) in [5, 5.41) is 8.95. The molecule has 0 spiro atoms. The Morgan fingerprint density at radius 1 is 1.19 bits per heavy atom. The molecule has 21 heavy (non-hydrogen) atoms. The number of carbonyl (C=O) groups excluding carboxylic acids is 2.